The summed E-state index contributed by atoms with van der Waals surface area (Å²) in [4.78, 5) is 11.7. The Morgan fingerprint density at radius 3 is 2.44 bits per heavy atom. The summed E-state index contributed by atoms with van der Waals surface area (Å²) in [5.74, 6) is 1.54. The van der Waals surface area contributed by atoms with E-state index in [1.165, 1.54) is 0 Å². The van der Waals surface area contributed by atoms with E-state index in [9.17, 15) is 0 Å². The van der Waals surface area contributed by atoms with Crippen molar-refractivity contribution in [2.75, 3.05) is 36.5 Å². The molecule has 0 amide bonds. The molecule has 1 fully saturated rings. The van der Waals surface area contributed by atoms with E-state index >= 15 is 0 Å². The van der Waals surface area contributed by atoms with Crippen LogP contribution >= 0.6 is 11.6 Å². The van der Waals surface area contributed by atoms with E-state index in [0.717, 1.165) is 54.0 Å². The minimum absolute atomic E-state index is 0.618. The molecule has 0 atom stereocenters. The molecule has 1 saturated heterocycles. The fraction of sp³-hybridized carbons (Fsp3) is 0.238. The van der Waals surface area contributed by atoms with Crippen molar-refractivity contribution in [2.45, 2.75) is 6.54 Å². The zero-order chi connectivity index (χ0) is 18.5. The van der Waals surface area contributed by atoms with Gasteiger partial charge >= 0.3 is 0 Å². The Morgan fingerprint density at radius 1 is 0.963 bits per heavy atom. The lowest BCUT2D eigenvalue weighted by Gasteiger charge is -2.28. The van der Waals surface area contributed by atoms with Crippen LogP contribution < -0.4 is 10.2 Å². The number of ether oxygens (including phenoxy) is 1. The minimum atomic E-state index is 0.618. The highest BCUT2D eigenvalue weighted by Crippen LogP contribution is 2.24. The molecule has 0 spiro atoms. The Morgan fingerprint density at radius 2 is 1.70 bits per heavy atom. The Balaban J connectivity index is 1.61. The summed E-state index contributed by atoms with van der Waals surface area (Å²) in [6.45, 7) is 3.75. The quantitative estimate of drug-likeness (QED) is 0.717. The van der Waals surface area contributed by atoms with E-state index in [-0.39, 0.29) is 0 Å². The van der Waals surface area contributed by atoms with Gasteiger partial charge in [0.2, 0.25) is 5.95 Å². The van der Waals surface area contributed by atoms with E-state index in [2.05, 4.69) is 22.3 Å². The second-order valence-electron chi connectivity index (χ2n) is 6.38. The number of anilines is 2. The maximum Gasteiger partial charge on any atom is 0.225 e. The van der Waals surface area contributed by atoms with Crippen LogP contribution in [0, 0.1) is 0 Å². The van der Waals surface area contributed by atoms with Gasteiger partial charge in [0, 0.05) is 36.3 Å². The second-order valence-corrected chi connectivity index (χ2v) is 6.82. The van der Waals surface area contributed by atoms with Crippen molar-refractivity contribution in [3.05, 3.63) is 71.2 Å². The molecule has 0 aliphatic carbocycles. The van der Waals surface area contributed by atoms with Crippen molar-refractivity contribution in [3.63, 3.8) is 0 Å². The van der Waals surface area contributed by atoms with Crippen LogP contribution in [-0.2, 0) is 11.3 Å². The number of hydrogen-bond donors (Lipinski definition) is 1. The third-order valence-corrected chi connectivity index (χ3v) is 4.73. The number of halogens is 1. The SMILES string of the molecule is Clc1ccc(CNc2nc(-c3ccccc3)cc(N3CCOCC3)n2)cc1. The number of nitrogens with one attached hydrogen (secondary N) is 1. The molecule has 1 aromatic heterocycles. The van der Waals surface area contributed by atoms with Gasteiger partial charge in [-0.1, -0.05) is 54.1 Å². The van der Waals surface area contributed by atoms with Gasteiger partial charge in [-0.15, -0.1) is 0 Å². The van der Waals surface area contributed by atoms with Crippen LogP contribution in [0.1, 0.15) is 5.56 Å². The largest absolute Gasteiger partial charge is 0.378 e. The summed E-state index contributed by atoms with van der Waals surface area (Å²) in [5.41, 5.74) is 3.11. The maximum atomic E-state index is 5.96. The average Bonchev–Trinajstić information content (AvgIpc) is 2.74. The fourth-order valence-corrected chi connectivity index (χ4v) is 3.13. The molecule has 0 radical (unpaired) electrons. The highest BCUT2D eigenvalue weighted by Gasteiger charge is 2.15. The summed E-state index contributed by atoms with van der Waals surface area (Å²) < 4.78 is 5.47. The van der Waals surface area contributed by atoms with Gasteiger partial charge in [0.05, 0.1) is 18.9 Å². The first-order valence-corrected chi connectivity index (χ1v) is 9.41. The Labute approximate surface area is 164 Å². The highest BCUT2D eigenvalue weighted by atomic mass is 35.5. The summed E-state index contributed by atoms with van der Waals surface area (Å²) in [7, 11) is 0. The molecule has 138 valence electrons. The number of benzene rings is 2. The molecule has 0 saturated carbocycles. The normalized spacial score (nSPS) is 14.2. The molecule has 1 N–H and O–H groups in total. The monoisotopic (exact) mass is 380 g/mol. The van der Waals surface area contributed by atoms with Crippen molar-refractivity contribution >= 4 is 23.4 Å². The van der Waals surface area contributed by atoms with Crippen LogP contribution in [0.3, 0.4) is 0 Å². The number of rotatable bonds is 5. The number of aromatic nitrogens is 2. The molecule has 27 heavy (non-hydrogen) atoms. The average molecular weight is 381 g/mol. The topological polar surface area (TPSA) is 50.3 Å². The molecule has 6 heteroatoms. The lowest BCUT2D eigenvalue weighted by Crippen LogP contribution is -2.36. The van der Waals surface area contributed by atoms with Gasteiger partial charge < -0.3 is 15.0 Å². The van der Waals surface area contributed by atoms with Crippen molar-refractivity contribution in [1.82, 2.24) is 9.97 Å². The lowest BCUT2D eigenvalue weighted by molar-refractivity contribution is 0.122. The van der Waals surface area contributed by atoms with Crippen molar-refractivity contribution in [3.8, 4) is 11.3 Å². The predicted octanol–water partition coefficient (Wildman–Crippen LogP) is 4.25. The highest BCUT2D eigenvalue weighted by molar-refractivity contribution is 6.30. The molecule has 2 aromatic carbocycles. The van der Waals surface area contributed by atoms with Crippen LogP contribution in [0.2, 0.25) is 5.02 Å². The molecule has 0 unspecified atom stereocenters. The Bertz CT molecular complexity index is 880. The summed E-state index contributed by atoms with van der Waals surface area (Å²) in [5, 5.41) is 4.08. The Hall–Kier alpha value is -2.63. The van der Waals surface area contributed by atoms with Crippen molar-refractivity contribution in [2.24, 2.45) is 0 Å². The van der Waals surface area contributed by atoms with Crippen molar-refractivity contribution < 1.29 is 4.74 Å². The van der Waals surface area contributed by atoms with E-state index < -0.39 is 0 Å². The standard InChI is InChI=1S/C21H21ClN4O/c22-18-8-6-16(7-9-18)15-23-21-24-19(17-4-2-1-3-5-17)14-20(25-21)26-10-12-27-13-11-26/h1-9,14H,10-13,15H2,(H,23,24,25). The fourth-order valence-electron chi connectivity index (χ4n) is 3.01. The lowest BCUT2D eigenvalue weighted by atomic mass is 10.1. The van der Waals surface area contributed by atoms with Gasteiger partial charge in [-0.05, 0) is 17.7 Å². The number of morpholine rings is 1. The smallest absolute Gasteiger partial charge is 0.225 e. The summed E-state index contributed by atoms with van der Waals surface area (Å²) in [6.07, 6.45) is 0. The minimum Gasteiger partial charge on any atom is -0.378 e. The molecule has 5 nitrogen and oxygen atoms in total. The third kappa shape index (κ3) is 4.56. The molecule has 1 aliphatic rings. The van der Waals surface area contributed by atoms with Gasteiger partial charge in [-0.2, -0.15) is 4.98 Å². The van der Waals surface area contributed by atoms with Gasteiger partial charge in [-0.25, -0.2) is 4.98 Å². The van der Waals surface area contributed by atoms with E-state index in [1.54, 1.807) is 0 Å². The molecule has 2 heterocycles. The molecule has 4 rings (SSSR count). The van der Waals surface area contributed by atoms with Gasteiger partial charge in [-0.3, -0.25) is 0 Å². The maximum absolute atomic E-state index is 5.96. The number of nitrogens with zero attached hydrogens (tertiary/aromatic N) is 3. The second kappa shape index (κ2) is 8.37. The van der Waals surface area contributed by atoms with E-state index in [1.807, 2.05) is 48.5 Å². The molecule has 3 aromatic rings. The predicted molar refractivity (Wildman–Crippen MR) is 109 cm³/mol. The van der Waals surface area contributed by atoms with Crippen LogP contribution in [0.15, 0.2) is 60.7 Å². The molecule has 0 bridgehead atoms. The Kier molecular flexibility index (Phi) is 5.51. The van der Waals surface area contributed by atoms with Crippen LogP contribution in [0.4, 0.5) is 11.8 Å². The first-order chi connectivity index (χ1) is 13.3. The van der Waals surface area contributed by atoms with Gasteiger partial charge in [0.25, 0.3) is 0 Å². The van der Waals surface area contributed by atoms with Crippen molar-refractivity contribution in [1.29, 1.82) is 0 Å². The molecular formula is C21H21ClN4O. The first kappa shape index (κ1) is 17.8. The van der Waals surface area contributed by atoms with Crippen LogP contribution in [-0.4, -0.2) is 36.3 Å². The van der Waals surface area contributed by atoms with Crippen LogP contribution in [0.5, 0.6) is 0 Å². The zero-order valence-electron chi connectivity index (χ0n) is 14.9. The third-order valence-electron chi connectivity index (χ3n) is 4.48. The molecule has 1 aliphatic heterocycles. The zero-order valence-corrected chi connectivity index (χ0v) is 15.7. The summed E-state index contributed by atoms with van der Waals surface area (Å²) >= 11 is 5.96. The van der Waals surface area contributed by atoms with Crippen LogP contribution in [0.25, 0.3) is 11.3 Å². The van der Waals surface area contributed by atoms with E-state index in [4.69, 9.17) is 26.3 Å². The van der Waals surface area contributed by atoms with E-state index in [0.29, 0.717) is 12.5 Å². The number of hydrogen-bond acceptors (Lipinski definition) is 5. The first-order valence-electron chi connectivity index (χ1n) is 9.03. The van der Waals surface area contributed by atoms with Gasteiger partial charge in [0.15, 0.2) is 0 Å². The van der Waals surface area contributed by atoms with Gasteiger partial charge in [0.1, 0.15) is 5.82 Å². The summed E-state index contributed by atoms with van der Waals surface area (Å²) in [6, 6.07) is 20.0. The molecular weight excluding hydrogens is 360 g/mol.